The number of rotatable bonds is 8. The Labute approximate surface area is 213 Å². The molecule has 8 nitrogen and oxygen atoms in total. The van der Waals surface area contributed by atoms with Crippen LogP contribution in [0.4, 0.5) is 10.8 Å². The summed E-state index contributed by atoms with van der Waals surface area (Å²) in [6.07, 6.45) is 9.23. The van der Waals surface area contributed by atoms with Gasteiger partial charge in [0.05, 0.1) is 15.5 Å². The number of aromatic nitrogens is 1. The second kappa shape index (κ2) is 10.9. The number of piperidine rings is 1. The van der Waals surface area contributed by atoms with Crippen molar-refractivity contribution in [3.63, 3.8) is 0 Å². The predicted molar refractivity (Wildman–Crippen MR) is 141 cm³/mol. The standard InChI is InChI=1S/C25H29N5O3S2/c1-16-13-18(33-12-11-30-9-3-2-4-10-30)7-8-20(16)27-25-29-23(32)21(35-25)14-19-15-26-24(34-19)28-22(31)17-5-6-17/h7-8,13-15,17H,2-6,9-12H2,1H3,(H,26,28,31)(H,27,29,32)/b21-14-. The molecule has 10 heteroatoms. The van der Waals surface area contributed by atoms with Gasteiger partial charge >= 0.3 is 0 Å². The van der Waals surface area contributed by atoms with Crippen molar-refractivity contribution in [2.75, 3.05) is 31.6 Å². The fraction of sp³-hybridized carbons (Fsp3) is 0.440. The first-order valence-electron chi connectivity index (χ1n) is 12.1. The predicted octanol–water partition coefficient (Wildman–Crippen LogP) is 4.56. The zero-order valence-electron chi connectivity index (χ0n) is 19.7. The van der Waals surface area contributed by atoms with E-state index < -0.39 is 0 Å². The number of carbonyl (C=O) groups is 2. The van der Waals surface area contributed by atoms with Gasteiger partial charge in [-0.3, -0.25) is 14.5 Å². The fourth-order valence-corrected chi connectivity index (χ4v) is 5.66. The summed E-state index contributed by atoms with van der Waals surface area (Å²) in [4.78, 5) is 37.1. The number of benzene rings is 1. The van der Waals surface area contributed by atoms with E-state index in [1.54, 1.807) is 12.3 Å². The van der Waals surface area contributed by atoms with Gasteiger partial charge in [0.25, 0.3) is 5.91 Å². The summed E-state index contributed by atoms with van der Waals surface area (Å²) in [5, 5.41) is 6.76. The highest BCUT2D eigenvalue weighted by Gasteiger charge is 2.30. The highest BCUT2D eigenvalue weighted by Crippen LogP contribution is 2.33. The third-order valence-corrected chi connectivity index (χ3v) is 7.91. The Morgan fingerprint density at radius 3 is 2.91 bits per heavy atom. The molecule has 5 rings (SSSR count). The Bertz CT molecular complexity index is 1170. The van der Waals surface area contributed by atoms with Crippen LogP contribution in [-0.2, 0) is 9.59 Å². The third-order valence-electron chi connectivity index (χ3n) is 6.14. The number of ether oxygens (including phenoxy) is 1. The van der Waals surface area contributed by atoms with Crippen LogP contribution in [0.1, 0.15) is 42.5 Å². The molecule has 2 aromatic rings. The van der Waals surface area contributed by atoms with Gasteiger partial charge in [-0.25, -0.2) is 9.98 Å². The summed E-state index contributed by atoms with van der Waals surface area (Å²) < 4.78 is 5.95. The van der Waals surface area contributed by atoms with E-state index in [0.29, 0.717) is 21.8 Å². The number of anilines is 1. The lowest BCUT2D eigenvalue weighted by atomic mass is 10.1. The summed E-state index contributed by atoms with van der Waals surface area (Å²) in [6, 6.07) is 5.84. The average Bonchev–Trinajstić information content (AvgIpc) is 3.53. The number of nitrogens with one attached hydrogen (secondary N) is 2. The molecule has 0 bridgehead atoms. The first kappa shape index (κ1) is 24.0. The van der Waals surface area contributed by atoms with Crippen LogP contribution in [0.5, 0.6) is 5.75 Å². The quantitative estimate of drug-likeness (QED) is 0.505. The smallest absolute Gasteiger partial charge is 0.264 e. The Balaban J connectivity index is 1.17. The first-order valence-corrected chi connectivity index (χ1v) is 13.7. The Kier molecular flexibility index (Phi) is 7.50. The van der Waals surface area contributed by atoms with Crippen molar-refractivity contribution in [1.82, 2.24) is 15.2 Å². The maximum absolute atomic E-state index is 12.5. The Hall–Kier alpha value is -2.69. The minimum absolute atomic E-state index is 0.0229. The monoisotopic (exact) mass is 511 g/mol. The van der Waals surface area contributed by atoms with E-state index in [1.807, 2.05) is 25.1 Å². The molecule has 0 unspecified atom stereocenters. The molecule has 35 heavy (non-hydrogen) atoms. The van der Waals surface area contributed by atoms with E-state index in [9.17, 15) is 9.59 Å². The minimum atomic E-state index is -0.193. The second-order valence-electron chi connectivity index (χ2n) is 9.01. The number of thiazole rings is 1. The molecule has 3 fully saturated rings. The second-order valence-corrected chi connectivity index (χ2v) is 11.1. The van der Waals surface area contributed by atoms with E-state index in [4.69, 9.17) is 4.74 Å². The van der Waals surface area contributed by atoms with E-state index >= 15 is 0 Å². The molecule has 2 N–H and O–H groups in total. The molecule has 2 aliphatic heterocycles. The van der Waals surface area contributed by atoms with Gasteiger partial charge in [0, 0.05) is 18.7 Å². The van der Waals surface area contributed by atoms with Crippen molar-refractivity contribution < 1.29 is 14.3 Å². The minimum Gasteiger partial charge on any atom is -0.492 e. The highest BCUT2D eigenvalue weighted by atomic mass is 32.2. The molecule has 0 radical (unpaired) electrons. The highest BCUT2D eigenvalue weighted by molar-refractivity contribution is 8.18. The van der Waals surface area contributed by atoms with Crippen molar-refractivity contribution >= 4 is 57.0 Å². The van der Waals surface area contributed by atoms with Gasteiger partial charge < -0.3 is 15.4 Å². The fourth-order valence-electron chi connectivity index (χ4n) is 4.00. The lowest BCUT2D eigenvalue weighted by Crippen LogP contribution is -2.33. The molecule has 1 saturated carbocycles. The number of hydrogen-bond acceptors (Lipinski definition) is 8. The first-order chi connectivity index (χ1) is 17.0. The number of nitrogens with zero attached hydrogens (tertiary/aromatic N) is 3. The lowest BCUT2D eigenvalue weighted by molar-refractivity contribution is -0.117. The zero-order chi connectivity index (χ0) is 24.2. The van der Waals surface area contributed by atoms with Crippen LogP contribution in [0.15, 0.2) is 34.3 Å². The molecule has 2 saturated heterocycles. The van der Waals surface area contributed by atoms with Gasteiger partial charge in [0.15, 0.2) is 10.3 Å². The van der Waals surface area contributed by atoms with Crippen LogP contribution in [0, 0.1) is 12.8 Å². The molecule has 1 aliphatic carbocycles. The van der Waals surface area contributed by atoms with E-state index in [1.165, 1.54) is 55.5 Å². The topological polar surface area (TPSA) is 95.9 Å². The maximum Gasteiger partial charge on any atom is 0.264 e. The molecule has 184 valence electrons. The van der Waals surface area contributed by atoms with Crippen LogP contribution < -0.4 is 15.4 Å². The van der Waals surface area contributed by atoms with Crippen molar-refractivity contribution in [2.24, 2.45) is 10.9 Å². The molecule has 0 spiro atoms. The van der Waals surface area contributed by atoms with Crippen molar-refractivity contribution in [2.45, 2.75) is 39.0 Å². The van der Waals surface area contributed by atoms with Crippen molar-refractivity contribution in [3.05, 3.63) is 39.7 Å². The number of aryl methyl sites for hydroxylation is 1. The lowest BCUT2D eigenvalue weighted by Gasteiger charge is -2.26. The van der Waals surface area contributed by atoms with Crippen molar-refractivity contribution in [1.29, 1.82) is 0 Å². The molecule has 0 atom stereocenters. The van der Waals surface area contributed by atoms with E-state index in [-0.39, 0.29) is 17.7 Å². The summed E-state index contributed by atoms with van der Waals surface area (Å²) in [6.45, 7) is 5.95. The summed E-state index contributed by atoms with van der Waals surface area (Å²) >= 11 is 2.64. The molecule has 2 amide bonds. The number of thioether (sulfide) groups is 1. The van der Waals surface area contributed by atoms with Crippen LogP contribution in [-0.4, -0.2) is 53.1 Å². The van der Waals surface area contributed by atoms with Crippen LogP contribution in [0.25, 0.3) is 6.08 Å². The summed E-state index contributed by atoms with van der Waals surface area (Å²) in [5.74, 6) is 0.789. The number of aliphatic imine (C=N–C) groups is 1. The summed E-state index contributed by atoms with van der Waals surface area (Å²) in [7, 11) is 0. The Morgan fingerprint density at radius 2 is 2.14 bits per heavy atom. The average molecular weight is 512 g/mol. The third kappa shape index (κ3) is 6.50. The van der Waals surface area contributed by atoms with Crippen LogP contribution in [0.3, 0.4) is 0 Å². The Morgan fingerprint density at radius 1 is 1.31 bits per heavy atom. The summed E-state index contributed by atoms with van der Waals surface area (Å²) in [5.41, 5.74) is 1.78. The molecular formula is C25H29N5O3S2. The zero-order valence-corrected chi connectivity index (χ0v) is 21.3. The molecule has 1 aromatic carbocycles. The molecule has 3 heterocycles. The normalized spacial score (nSPS) is 20.9. The van der Waals surface area contributed by atoms with Gasteiger partial charge in [-0.05, 0) is 87.3 Å². The number of amides is 2. The van der Waals surface area contributed by atoms with E-state index in [2.05, 4.69) is 25.5 Å². The number of amidine groups is 1. The van der Waals surface area contributed by atoms with Gasteiger partial charge in [0.2, 0.25) is 5.91 Å². The number of carbonyl (C=O) groups excluding carboxylic acids is 2. The van der Waals surface area contributed by atoms with Gasteiger partial charge in [-0.1, -0.05) is 17.8 Å². The van der Waals surface area contributed by atoms with Gasteiger partial charge in [-0.15, -0.1) is 0 Å². The van der Waals surface area contributed by atoms with Crippen LogP contribution >= 0.6 is 23.1 Å². The largest absolute Gasteiger partial charge is 0.492 e. The SMILES string of the molecule is Cc1cc(OCCN2CCCCC2)ccc1N=C1NC(=O)/C(=C/c2cnc(NC(=O)C3CC3)s2)S1. The van der Waals surface area contributed by atoms with Crippen molar-refractivity contribution in [3.8, 4) is 5.75 Å². The molecule has 3 aliphatic rings. The molecule has 1 aromatic heterocycles. The van der Waals surface area contributed by atoms with E-state index in [0.717, 1.165) is 41.3 Å². The molecular weight excluding hydrogens is 482 g/mol. The van der Waals surface area contributed by atoms with Crippen LogP contribution in [0.2, 0.25) is 0 Å². The van der Waals surface area contributed by atoms with Gasteiger partial charge in [-0.2, -0.15) is 0 Å². The number of likely N-dealkylation sites (tertiary alicyclic amines) is 1. The van der Waals surface area contributed by atoms with Gasteiger partial charge in [0.1, 0.15) is 12.4 Å². The number of hydrogen-bond donors (Lipinski definition) is 2. The maximum atomic E-state index is 12.5.